The van der Waals surface area contributed by atoms with Crippen LogP contribution in [0.2, 0.25) is 0 Å². The van der Waals surface area contributed by atoms with Crippen molar-refractivity contribution in [1.82, 2.24) is 0 Å². The first-order chi connectivity index (χ1) is 7.27. The summed E-state index contributed by atoms with van der Waals surface area (Å²) >= 11 is 0. The lowest BCUT2D eigenvalue weighted by Crippen LogP contribution is -2.22. The zero-order valence-electron chi connectivity index (χ0n) is 8.13. The fraction of sp³-hybridized carbons (Fsp3) is 0.364. The van der Waals surface area contributed by atoms with Crippen molar-refractivity contribution in [2.75, 3.05) is 6.61 Å². The molecule has 1 saturated heterocycles. The van der Waals surface area contributed by atoms with E-state index in [2.05, 4.69) is 0 Å². The summed E-state index contributed by atoms with van der Waals surface area (Å²) in [5.74, 6) is -0.108. The molecular formula is C11H12O4. The normalized spacial score (nSPS) is 23.3. The fourth-order valence-electron chi connectivity index (χ4n) is 1.54. The van der Waals surface area contributed by atoms with E-state index in [0.29, 0.717) is 18.8 Å². The molecule has 0 radical (unpaired) electrons. The predicted octanol–water partition coefficient (Wildman–Crippen LogP) is 1.22. The molecule has 0 aliphatic carbocycles. The molecule has 0 amide bonds. The lowest BCUT2D eigenvalue weighted by Gasteiger charge is -2.08. The number of furan rings is 1. The minimum absolute atomic E-state index is 0.327. The predicted molar refractivity (Wildman–Crippen MR) is 52.8 cm³/mol. The second kappa shape index (κ2) is 4.31. The average Bonchev–Trinajstić information content (AvgIpc) is 2.84. The molecule has 1 fully saturated rings. The van der Waals surface area contributed by atoms with Crippen LogP contribution < -0.4 is 0 Å². The van der Waals surface area contributed by atoms with Crippen LogP contribution >= 0.6 is 0 Å². The van der Waals surface area contributed by atoms with E-state index < -0.39 is 12.0 Å². The van der Waals surface area contributed by atoms with Crippen LogP contribution in [0.3, 0.4) is 0 Å². The largest absolute Gasteiger partial charge is 0.465 e. The zero-order valence-corrected chi connectivity index (χ0v) is 8.13. The minimum Gasteiger partial charge on any atom is -0.465 e. The van der Waals surface area contributed by atoms with Crippen LogP contribution in [0.25, 0.3) is 6.08 Å². The lowest BCUT2D eigenvalue weighted by molar-refractivity contribution is -0.143. The molecule has 1 aliphatic heterocycles. The third-order valence-corrected chi connectivity index (χ3v) is 2.39. The Morgan fingerprint density at radius 1 is 1.60 bits per heavy atom. The Labute approximate surface area is 87.2 Å². The van der Waals surface area contributed by atoms with Crippen molar-refractivity contribution >= 4 is 12.0 Å². The number of cyclic esters (lactones) is 1. The van der Waals surface area contributed by atoms with E-state index in [0.717, 1.165) is 0 Å². The van der Waals surface area contributed by atoms with Gasteiger partial charge in [-0.2, -0.15) is 0 Å². The Bertz CT molecular complexity index is 353. The average molecular weight is 208 g/mol. The van der Waals surface area contributed by atoms with E-state index >= 15 is 0 Å². The van der Waals surface area contributed by atoms with E-state index in [1.54, 1.807) is 30.5 Å². The molecule has 4 heteroatoms. The molecule has 2 heterocycles. The van der Waals surface area contributed by atoms with Gasteiger partial charge in [0.2, 0.25) is 0 Å². The maximum Gasteiger partial charge on any atom is 0.312 e. The number of rotatable bonds is 3. The van der Waals surface area contributed by atoms with Gasteiger partial charge in [-0.05, 0) is 24.6 Å². The monoisotopic (exact) mass is 208 g/mol. The second-order valence-corrected chi connectivity index (χ2v) is 3.43. The topological polar surface area (TPSA) is 59.7 Å². The molecule has 1 aromatic rings. The maximum absolute atomic E-state index is 11.1. The van der Waals surface area contributed by atoms with Crippen molar-refractivity contribution in [3.8, 4) is 0 Å². The van der Waals surface area contributed by atoms with Gasteiger partial charge in [0.1, 0.15) is 5.76 Å². The first-order valence-corrected chi connectivity index (χ1v) is 4.84. The number of ether oxygens (including phenoxy) is 1. The summed E-state index contributed by atoms with van der Waals surface area (Å²) in [5.41, 5.74) is 0. The molecule has 15 heavy (non-hydrogen) atoms. The zero-order chi connectivity index (χ0) is 10.7. The molecule has 2 rings (SSSR count). The number of aliphatic hydroxyl groups is 1. The van der Waals surface area contributed by atoms with E-state index in [1.807, 2.05) is 0 Å². The molecule has 2 atom stereocenters. The number of aliphatic hydroxyl groups excluding tert-OH is 1. The molecule has 4 nitrogen and oxygen atoms in total. The van der Waals surface area contributed by atoms with E-state index in [4.69, 9.17) is 9.15 Å². The Hall–Kier alpha value is -1.55. The van der Waals surface area contributed by atoms with E-state index in [9.17, 15) is 9.90 Å². The number of carbonyl (C=O) groups excluding carboxylic acids is 1. The molecule has 0 saturated carbocycles. The smallest absolute Gasteiger partial charge is 0.312 e. The van der Waals surface area contributed by atoms with Crippen molar-refractivity contribution in [2.45, 2.75) is 12.5 Å². The standard InChI is InChI=1S/C11H12O4/c12-10(9-5-7-15-11(9)13)4-3-8-2-1-6-14-8/h1-4,6,9-10,12H,5,7H2/b4-3+. The van der Waals surface area contributed by atoms with Gasteiger partial charge in [0.05, 0.1) is 24.9 Å². The molecule has 0 bridgehead atoms. The van der Waals surface area contributed by atoms with Crippen molar-refractivity contribution in [2.24, 2.45) is 5.92 Å². The van der Waals surface area contributed by atoms with Gasteiger partial charge in [-0.3, -0.25) is 4.79 Å². The van der Waals surface area contributed by atoms with Crippen molar-refractivity contribution < 1.29 is 19.1 Å². The van der Waals surface area contributed by atoms with Gasteiger partial charge in [0, 0.05) is 0 Å². The lowest BCUT2D eigenvalue weighted by atomic mass is 10.0. The summed E-state index contributed by atoms with van der Waals surface area (Å²) in [6.07, 6.45) is 4.52. The van der Waals surface area contributed by atoms with Crippen molar-refractivity contribution in [1.29, 1.82) is 0 Å². The molecule has 1 aliphatic rings. The fourth-order valence-corrected chi connectivity index (χ4v) is 1.54. The highest BCUT2D eigenvalue weighted by molar-refractivity contribution is 5.75. The van der Waals surface area contributed by atoms with Crippen molar-refractivity contribution in [3.63, 3.8) is 0 Å². The molecule has 1 N–H and O–H groups in total. The van der Waals surface area contributed by atoms with Crippen LogP contribution in [0.4, 0.5) is 0 Å². The number of esters is 1. The third-order valence-electron chi connectivity index (χ3n) is 2.39. The highest BCUT2D eigenvalue weighted by Crippen LogP contribution is 2.19. The summed E-state index contributed by atoms with van der Waals surface area (Å²) < 4.78 is 9.83. The van der Waals surface area contributed by atoms with Crippen LogP contribution in [-0.4, -0.2) is 23.8 Å². The third kappa shape index (κ3) is 2.27. The van der Waals surface area contributed by atoms with Gasteiger partial charge < -0.3 is 14.3 Å². The van der Waals surface area contributed by atoms with Crippen molar-refractivity contribution in [3.05, 3.63) is 30.2 Å². The molecule has 80 valence electrons. The number of carbonyl (C=O) groups is 1. The first-order valence-electron chi connectivity index (χ1n) is 4.84. The van der Waals surface area contributed by atoms with Gasteiger partial charge in [0.25, 0.3) is 0 Å². The van der Waals surface area contributed by atoms with E-state index in [1.165, 1.54) is 0 Å². The first kappa shape index (κ1) is 9.98. The second-order valence-electron chi connectivity index (χ2n) is 3.43. The molecule has 0 aromatic carbocycles. The van der Waals surface area contributed by atoms with Crippen LogP contribution in [-0.2, 0) is 9.53 Å². The Balaban J connectivity index is 1.97. The van der Waals surface area contributed by atoms with Crippen LogP contribution in [0.5, 0.6) is 0 Å². The van der Waals surface area contributed by atoms with Crippen LogP contribution in [0.1, 0.15) is 12.2 Å². The quantitative estimate of drug-likeness (QED) is 0.758. The maximum atomic E-state index is 11.1. The summed E-state index contributed by atoms with van der Waals surface area (Å²) in [6.45, 7) is 0.398. The summed E-state index contributed by atoms with van der Waals surface area (Å²) in [5, 5.41) is 9.69. The Morgan fingerprint density at radius 3 is 3.07 bits per heavy atom. The van der Waals surface area contributed by atoms with Gasteiger partial charge in [-0.1, -0.05) is 6.08 Å². The van der Waals surface area contributed by atoms with Gasteiger partial charge in [0.15, 0.2) is 0 Å². The molecule has 2 unspecified atom stereocenters. The Kier molecular flexibility index (Phi) is 2.87. The molecule has 1 aromatic heterocycles. The SMILES string of the molecule is O=C1OCCC1C(O)/C=C/c1ccco1. The Morgan fingerprint density at radius 2 is 2.47 bits per heavy atom. The summed E-state index contributed by atoms with van der Waals surface area (Å²) in [6, 6.07) is 3.53. The number of hydrogen-bond donors (Lipinski definition) is 1. The highest BCUT2D eigenvalue weighted by atomic mass is 16.5. The van der Waals surface area contributed by atoms with E-state index in [-0.39, 0.29) is 5.97 Å². The minimum atomic E-state index is -0.801. The van der Waals surface area contributed by atoms with Crippen LogP contribution in [0, 0.1) is 5.92 Å². The summed E-state index contributed by atoms with van der Waals surface area (Å²) in [4.78, 5) is 11.1. The van der Waals surface area contributed by atoms with Crippen LogP contribution in [0.15, 0.2) is 28.9 Å². The van der Waals surface area contributed by atoms with Gasteiger partial charge in [-0.15, -0.1) is 0 Å². The number of hydrogen-bond acceptors (Lipinski definition) is 4. The molecular weight excluding hydrogens is 196 g/mol. The highest BCUT2D eigenvalue weighted by Gasteiger charge is 2.31. The van der Waals surface area contributed by atoms with Gasteiger partial charge >= 0.3 is 5.97 Å². The molecule has 0 spiro atoms. The van der Waals surface area contributed by atoms with Gasteiger partial charge in [-0.25, -0.2) is 0 Å². The summed E-state index contributed by atoms with van der Waals surface area (Å²) in [7, 11) is 0.